The number of hydrogen-bond donors (Lipinski definition) is 1. The SMILES string of the molecule is Cc1sc(N2CCOCC2)nc1CCOc1ccc(CCC(=O)O)c(C#N)c1. The van der Waals surface area contributed by atoms with Gasteiger partial charge >= 0.3 is 5.97 Å². The third-order valence-corrected chi connectivity index (χ3v) is 5.65. The predicted molar refractivity (Wildman–Crippen MR) is 106 cm³/mol. The first kappa shape index (κ1) is 20.1. The number of carboxylic acid groups (broad SMARTS) is 1. The number of ether oxygens (including phenoxy) is 2. The van der Waals surface area contributed by atoms with E-state index >= 15 is 0 Å². The summed E-state index contributed by atoms with van der Waals surface area (Å²) in [6.07, 6.45) is 1.03. The molecule has 1 fully saturated rings. The van der Waals surface area contributed by atoms with Crippen molar-refractivity contribution in [1.29, 1.82) is 5.26 Å². The minimum atomic E-state index is -0.876. The monoisotopic (exact) mass is 401 g/mol. The summed E-state index contributed by atoms with van der Waals surface area (Å²) in [6.45, 7) is 5.75. The van der Waals surface area contributed by atoms with Gasteiger partial charge in [0.2, 0.25) is 0 Å². The van der Waals surface area contributed by atoms with E-state index in [9.17, 15) is 10.1 Å². The number of carbonyl (C=O) groups is 1. The first-order valence-corrected chi connectivity index (χ1v) is 10.0. The zero-order valence-electron chi connectivity index (χ0n) is 15.8. The number of benzene rings is 1. The second-order valence-corrected chi connectivity index (χ2v) is 7.70. The van der Waals surface area contributed by atoms with Crippen molar-refractivity contribution < 1.29 is 19.4 Å². The number of aryl methyl sites for hydroxylation is 2. The zero-order valence-corrected chi connectivity index (χ0v) is 16.6. The Morgan fingerprint density at radius 3 is 2.89 bits per heavy atom. The maximum absolute atomic E-state index is 10.7. The molecule has 2 heterocycles. The number of thiazole rings is 1. The Morgan fingerprint density at radius 2 is 2.18 bits per heavy atom. The Kier molecular flexibility index (Phi) is 6.85. The quantitative estimate of drug-likeness (QED) is 0.726. The fourth-order valence-electron chi connectivity index (χ4n) is 3.01. The highest BCUT2D eigenvalue weighted by Gasteiger charge is 2.17. The van der Waals surface area contributed by atoms with E-state index < -0.39 is 5.97 Å². The molecule has 0 spiro atoms. The lowest BCUT2D eigenvalue weighted by Gasteiger charge is -2.26. The molecule has 0 atom stereocenters. The van der Waals surface area contributed by atoms with Gasteiger partial charge in [0.1, 0.15) is 5.75 Å². The molecule has 3 rings (SSSR count). The van der Waals surface area contributed by atoms with Crippen molar-refractivity contribution in [3.05, 3.63) is 39.9 Å². The normalized spacial score (nSPS) is 13.9. The molecule has 0 aliphatic carbocycles. The van der Waals surface area contributed by atoms with Crippen LogP contribution >= 0.6 is 11.3 Å². The molecule has 7 nitrogen and oxygen atoms in total. The Bertz CT molecular complexity index is 869. The van der Waals surface area contributed by atoms with E-state index in [2.05, 4.69) is 17.9 Å². The van der Waals surface area contributed by atoms with E-state index in [4.69, 9.17) is 19.6 Å². The summed E-state index contributed by atoms with van der Waals surface area (Å²) < 4.78 is 11.2. The lowest BCUT2D eigenvalue weighted by Crippen LogP contribution is -2.36. The lowest BCUT2D eigenvalue weighted by atomic mass is 10.0. The van der Waals surface area contributed by atoms with Crippen LogP contribution in [0.15, 0.2) is 18.2 Å². The molecular formula is C20H23N3O4S. The highest BCUT2D eigenvalue weighted by molar-refractivity contribution is 7.15. The van der Waals surface area contributed by atoms with Gasteiger partial charge in [-0.25, -0.2) is 4.98 Å². The molecule has 0 unspecified atom stereocenters. The van der Waals surface area contributed by atoms with Crippen LogP contribution in [0.4, 0.5) is 5.13 Å². The molecule has 0 amide bonds. The van der Waals surface area contributed by atoms with Crippen molar-refractivity contribution in [3.63, 3.8) is 0 Å². The first-order valence-electron chi connectivity index (χ1n) is 9.23. The van der Waals surface area contributed by atoms with Crippen molar-refractivity contribution in [3.8, 4) is 11.8 Å². The van der Waals surface area contributed by atoms with E-state index in [0.717, 1.165) is 42.7 Å². The predicted octanol–water partition coefficient (Wildman–Crippen LogP) is 2.80. The Morgan fingerprint density at radius 1 is 1.39 bits per heavy atom. The Hall–Kier alpha value is -2.63. The number of morpholine rings is 1. The molecule has 1 aliphatic rings. The highest BCUT2D eigenvalue weighted by Crippen LogP contribution is 2.27. The van der Waals surface area contributed by atoms with E-state index in [1.54, 1.807) is 29.5 Å². The van der Waals surface area contributed by atoms with Gasteiger partial charge in [-0.3, -0.25) is 4.79 Å². The van der Waals surface area contributed by atoms with E-state index in [1.165, 1.54) is 4.88 Å². The number of nitriles is 1. The smallest absolute Gasteiger partial charge is 0.303 e. The highest BCUT2D eigenvalue weighted by atomic mass is 32.1. The van der Waals surface area contributed by atoms with Gasteiger partial charge in [0.05, 0.1) is 37.1 Å². The van der Waals surface area contributed by atoms with Gasteiger partial charge in [0.25, 0.3) is 0 Å². The molecule has 0 bridgehead atoms. The molecule has 28 heavy (non-hydrogen) atoms. The van der Waals surface area contributed by atoms with Gasteiger partial charge in [0.15, 0.2) is 5.13 Å². The molecule has 8 heteroatoms. The molecule has 148 valence electrons. The Labute approximate surface area is 168 Å². The molecule has 1 aliphatic heterocycles. The summed E-state index contributed by atoms with van der Waals surface area (Å²) in [6, 6.07) is 7.34. The van der Waals surface area contributed by atoms with Crippen molar-refractivity contribution in [2.75, 3.05) is 37.8 Å². The van der Waals surface area contributed by atoms with Gasteiger partial charge in [-0.15, -0.1) is 11.3 Å². The van der Waals surface area contributed by atoms with Crippen LogP contribution in [0.5, 0.6) is 5.75 Å². The number of rotatable bonds is 8. The van der Waals surface area contributed by atoms with Crippen LogP contribution in [0, 0.1) is 18.3 Å². The third-order valence-electron chi connectivity index (χ3n) is 4.58. The number of hydrogen-bond acceptors (Lipinski definition) is 7. The maximum Gasteiger partial charge on any atom is 0.303 e. The van der Waals surface area contributed by atoms with Crippen LogP contribution in [-0.2, 0) is 22.4 Å². The summed E-state index contributed by atoms with van der Waals surface area (Å²) in [7, 11) is 0. The summed E-state index contributed by atoms with van der Waals surface area (Å²) in [5.41, 5.74) is 2.21. The lowest BCUT2D eigenvalue weighted by molar-refractivity contribution is -0.136. The summed E-state index contributed by atoms with van der Waals surface area (Å²) in [5.74, 6) is -0.267. The van der Waals surface area contributed by atoms with Gasteiger partial charge in [-0.05, 0) is 31.0 Å². The molecule has 0 radical (unpaired) electrons. The first-order chi connectivity index (χ1) is 13.6. The average Bonchev–Trinajstić information content (AvgIpc) is 3.08. The summed E-state index contributed by atoms with van der Waals surface area (Å²) in [4.78, 5) is 18.9. The van der Waals surface area contributed by atoms with E-state index in [-0.39, 0.29) is 6.42 Å². The molecule has 1 N–H and O–H groups in total. The van der Waals surface area contributed by atoms with Gasteiger partial charge in [0, 0.05) is 30.8 Å². The van der Waals surface area contributed by atoms with E-state index in [1.807, 2.05) is 0 Å². The van der Waals surface area contributed by atoms with Crippen LogP contribution in [0.25, 0.3) is 0 Å². The fourth-order valence-corrected chi connectivity index (χ4v) is 4.02. The number of aliphatic carboxylic acids is 1. The van der Waals surface area contributed by atoms with E-state index in [0.29, 0.717) is 30.8 Å². The van der Waals surface area contributed by atoms with Crippen molar-refractivity contribution in [2.45, 2.75) is 26.2 Å². The summed E-state index contributed by atoms with van der Waals surface area (Å²) >= 11 is 1.70. The van der Waals surface area contributed by atoms with Crippen LogP contribution in [0.2, 0.25) is 0 Å². The minimum absolute atomic E-state index is 0.00343. The third kappa shape index (κ3) is 5.21. The van der Waals surface area contributed by atoms with Crippen LogP contribution in [0.3, 0.4) is 0 Å². The molecular weight excluding hydrogens is 378 g/mol. The van der Waals surface area contributed by atoms with Gasteiger partial charge in [-0.1, -0.05) is 6.07 Å². The largest absolute Gasteiger partial charge is 0.493 e. The van der Waals surface area contributed by atoms with Crippen LogP contribution < -0.4 is 9.64 Å². The average molecular weight is 401 g/mol. The second-order valence-electron chi connectivity index (χ2n) is 6.52. The topological polar surface area (TPSA) is 95.7 Å². The molecule has 0 saturated carbocycles. The van der Waals surface area contributed by atoms with Crippen LogP contribution in [0.1, 0.15) is 28.1 Å². The van der Waals surface area contributed by atoms with Crippen molar-refractivity contribution in [1.82, 2.24) is 4.98 Å². The Balaban J connectivity index is 1.57. The maximum atomic E-state index is 10.7. The number of nitrogens with zero attached hydrogens (tertiary/aromatic N) is 3. The summed E-state index contributed by atoms with van der Waals surface area (Å²) in [5, 5.41) is 19.1. The van der Waals surface area contributed by atoms with Gasteiger partial charge in [-0.2, -0.15) is 5.26 Å². The number of anilines is 1. The molecule has 1 aromatic heterocycles. The van der Waals surface area contributed by atoms with Crippen molar-refractivity contribution >= 4 is 22.4 Å². The molecule has 1 saturated heterocycles. The number of carboxylic acids is 1. The molecule has 1 aromatic carbocycles. The second kappa shape index (κ2) is 9.53. The number of aromatic nitrogens is 1. The van der Waals surface area contributed by atoms with Crippen LogP contribution in [-0.4, -0.2) is 49.0 Å². The molecule has 2 aromatic rings. The minimum Gasteiger partial charge on any atom is -0.493 e. The van der Waals surface area contributed by atoms with Gasteiger partial charge < -0.3 is 19.5 Å². The standard InChI is InChI=1S/C20H23N3O4S/c1-14-18(22-20(28-14)23-7-10-26-11-8-23)6-9-27-17-4-2-15(3-5-19(24)25)16(12-17)13-21/h2,4,12H,3,5-11H2,1H3,(H,24,25). The van der Waals surface area contributed by atoms with Crippen molar-refractivity contribution in [2.24, 2.45) is 0 Å². The fraction of sp³-hybridized carbons (Fsp3) is 0.450. The zero-order chi connectivity index (χ0) is 19.9.